The second kappa shape index (κ2) is 7.93. The topological polar surface area (TPSA) is 90.4 Å². The van der Waals surface area contributed by atoms with Gasteiger partial charge in [-0.2, -0.15) is 5.06 Å². The van der Waals surface area contributed by atoms with E-state index in [-0.39, 0.29) is 5.91 Å². The van der Waals surface area contributed by atoms with Crippen molar-refractivity contribution in [1.82, 2.24) is 5.32 Å². The summed E-state index contributed by atoms with van der Waals surface area (Å²) in [6, 6.07) is 0. The minimum Gasteiger partial charge on any atom is -0.378 e. The molecule has 7 heteroatoms. The fourth-order valence-electron chi connectivity index (χ4n) is 1.48. The van der Waals surface area contributed by atoms with Crippen molar-refractivity contribution in [2.45, 2.75) is 6.92 Å². The van der Waals surface area contributed by atoms with E-state index in [9.17, 15) is 4.79 Å². The minimum absolute atomic E-state index is 0.190. The van der Waals surface area contributed by atoms with E-state index in [0.717, 1.165) is 10.8 Å². The summed E-state index contributed by atoms with van der Waals surface area (Å²) in [6.45, 7) is 4.21. The Morgan fingerprint density at radius 3 is 3.06 bits per heavy atom. The maximum Gasteiger partial charge on any atom is 0.271 e. The molecule has 0 fully saturated rings. The normalized spacial score (nSPS) is 19.2. The Morgan fingerprint density at radius 2 is 2.39 bits per heavy atom. The van der Waals surface area contributed by atoms with E-state index in [1.54, 1.807) is 13.3 Å². The molecule has 1 rings (SSSR count). The van der Waals surface area contributed by atoms with Crippen molar-refractivity contribution in [2.75, 3.05) is 40.0 Å². The number of carbonyl (C=O) groups excluding carboxylic acids is 1. The Morgan fingerprint density at radius 1 is 1.61 bits per heavy atom. The third-order valence-corrected chi connectivity index (χ3v) is 2.48. The highest BCUT2D eigenvalue weighted by molar-refractivity contribution is 6.39. The van der Waals surface area contributed by atoms with E-state index in [1.807, 2.05) is 6.92 Å². The largest absolute Gasteiger partial charge is 0.378 e. The molecule has 0 radical (unpaired) electrons. The van der Waals surface area contributed by atoms with Gasteiger partial charge < -0.3 is 15.8 Å². The van der Waals surface area contributed by atoms with Crippen molar-refractivity contribution in [1.29, 1.82) is 0 Å². The molecule has 0 aromatic rings. The molecule has 0 spiro atoms. The molecule has 0 saturated heterocycles. The van der Waals surface area contributed by atoms with E-state index >= 15 is 0 Å². The van der Waals surface area contributed by atoms with Crippen LogP contribution in [0.3, 0.4) is 0 Å². The molecule has 4 N–H and O–H groups in total. The molecule has 1 aliphatic rings. The molecule has 0 aromatic carbocycles. The number of nitrogens with zero attached hydrogens (tertiary/aromatic N) is 1. The summed E-state index contributed by atoms with van der Waals surface area (Å²) in [7, 11) is 1.59. The van der Waals surface area contributed by atoms with E-state index in [4.69, 9.17) is 15.3 Å². The van der Waals surface area contributed by atoms with Crippen LogP contribution in [0.1, 0.15) is 6.92 Å². The first-order valence-electron chi connectivity index (χ1n) is 5.88. The Hall–Kier alpha value is -1.28. The second-order valence-corrected chi connectivity index (χ2v) is 3.85. The smallest absolute Gasteiger partial charge is 0.271 e. The SMILES string of the molecule is CO[NH+]1CC(C(=O)NCCOCCN)=NC=C1C. The fraction of sp³-hybridized carbons (Fsp3) is 0.636. The number of allylic oxidation sites excluding steroid dienone is 1. The number of aliphatic imine (C=N–C) groups is 1. The molecule has 7 nitrogen and oxygen atoms in total. The summed E-state index contributed by atoms with van der Waals surface area (Å²) in [5.41, 5.74) is 6.68. The van der Waals surface area contributed by atoms with E-state index in [0.29, 0.717) is 38.6 Å². The molecule has 0 bridgehead atoms. The zero-order valence-electron chi connectivity index (χ0n) is 10.9. The predicted octanol–water partition coefficient (Wildman–Crippen LogP) is -2.16. The van der Waals surface area contributed by atoms with Crippen LogP contribution in [0, 0.1) is 0 Å². The number of ether oxygens (including phenoxy) is 1. The van der Waals surface area contributed by atoms with Crippen molar-refractivity contribution in [2.24, 2.45) is 10.7 Å². The molecule has 1 aliphatic heterocycles. The lowest BCUT2D eigenvalue weighted by Gasteiger charge is -2.18. The number of hydrogen-bond acceptors (Lipinski definition) is 5. The number of quaternary nitrogens is 1. The molecule has 1 atom stereocenters. The molecule has 0 aliphatic carbocycles. The van der Waals surface area contributed by atoms with Crippen molar-refractivity contribution < 1.29 is 19.4 Å². The van der Waals surface area contributed by atoms with E-state index < -0.39 is 0 Å². The molecule has 0 aromatic heterocycles. The predicted molar refractivity (Wildman–Crippen MR) is 66.9 cm³/mol. The van der Waals surface area contributed by atoms with Gasteiger partial charge >= 0.3 is 0 Å². The van der Waals surface area contributed by atoms with Gasteiger partial charge in [0.1, 0.15) is 0 Å². The number of carbonyl (C=O) groups is 1. The van der Waals surface area contributed by atoms with E-state index in [1.165, 1.54) is 0 Å². The number of nitrogens with two attached hydrogens (primary N) is 1. The number of hydrogen-bond donors (Lipinski definition) is 3. The molecular formula is C11H21N4O3+. The summed E-state index contributed by atoms with van der Waals surface area (Å²) in [5, 5.41) is 3.51. The van der Waals surface area contributed by atoms with Gasteiger partial charge in [-0.3, -0.25) is 4.79 Å². The van der Waals surface area contributed by atoms with Crippen molar-refractivity contribution in [3.05, 3.63) is 11.9 Å². The van der Waals surface area contributed by atoms with Gasteiger partial charge in [0.2, 0.25) is 0 Å². The van der Waals surface area contributed by atoms with Crippen LogP contribution in [0.5, 0.6) is 0 Å². The monoisotopic (exact) mass is 257 g/mol. The fourth-order valence-corrected chi connectivity index (χ4v) is 1.48. The summed E-state index contributed by atoms with van der Waals surface area (Å²) in [5.74, 6) is -0.190. The van der Waals surface area contributed by atoms with Crippen LogP contribution in [0.4, 0.5) is 0 Å². The van der Waals surface area contributed by atoms with Crippen LogP contribution in [0.2, 0.25) is 0 Å². The lowest BCUT2D eigenvalue weighted by molar-refractivity contribution is -1.05. The van der Waals surface area contributed by atoms with Crippen LogP contribution in [-0.2, 0) is 14.4 Å². The lowest BCUT2D eigenvalue weighted by Crippen LogP contribution is -3.10. The molecule has 102 valence electrons. The third-order valence-electron chi connectivity index (χ3n) is 2.48. The number of hydroxylamine groups is 2. The Balaban J connectivity index is 2.34. The summed E-state index contributed by atoms with van der Waals surface area (Å²) >= 11 is 0. The first-order valence-corrected chi connectivity index (χ1v) is 5.88. The first-order chi connectivity index (χ1) is 8.69. The van der Waals surface area contributed by atoms with Crippen LogP contribution in [0.15, 0.2) is 16.9 Å². The summed E-state index contributed by atoms with van der Waals surface area (Å²) in [4.78, 5) is 21.1. The Kier molecular flexibility index (Phi) is 6.51. The van der Waals surface area contributed by atoms with Gasteiger partial charge in [-0.1, -0.05) is 0 Å². The number of rotatable bonds is 7. The standard InChI is InChI=1S/C11H20N4O3/c1-9-7-14-10(8-15(9)17-2)11(16)13-4-6-18-5-3-12/h7H,3-6,8,12H2,1-2H3,(H,13,16)/p+1. The Labute approximate surface area is 107 Å². The molecule has 1 heterocycles. The van der Waals surface area contributed by atoms with Gasteiger partial charge in [-0.05, 0) is 0 Å². The van der Waals surface area contributed by atoms with Crippen LogP contribution >= 0.6 is 0 Å². The quantitative estimate of drug-likeness (QED) is 0.453. The third kappa shape index (κ3) is 4.53. The average Bonchev–Trinajstić information content (AvgIpc) is 2.38. The number of amides is 1. The lowest BCUT2D eigenvalue weighted by atomic mass is 10.3. The maximum atomic E-state index is 11.8. The maximum absolute atomic E-state index is 11.8. The minimum atomic E-state index is -0.190. The van der Waals surface area contributed by atoms with Crippen LogP contribution in [0.25, 0.3) is 0 Å². The first kappa shape index (κ1) is 14.8. The summed E-state index contributed by atoms with van der Waals surface area (Å²) in [6.07, 6.45) is 1.64. The molecule has 1 amide bonds. The zero-order valence-corrected chi connectivity index (χ0v) is 10.9. The van der Waals surface area contributed by atoms with Gasteiger partial charge in [-0.15, -0.1) is 0 Å². The molecule has 1 unspecified atom stereocenters. The van der Waals surface area contributed by atoms with Gasteiger partial charge in [0, 0.05) is 20.0 Å². The van der Waals surface area contributed by atoms with Crippen LogP contribution in [-0.4, -0.2) is 51.6 Å². The van der Waals surface area contributed by atoms with Gasteiger partial charge in [-0.25, -0.2) is 9.83 Å². The highest BCUT2D eigenvalue weighted by Gasteiger charge is 2.23. The molecular weight excluding hydrogens is 236 g/mol. The van der Waals surface area contributed by atoms with Gasteiger partial charge in [0.15, 0.2) is 18.0 Å². The van der Waals surface area contributed by atoms with Crippen LogP contribution < -0.4 is 16.1 Å². The number of nitrogens with one attached hydrogen (secondary N) is 2. The Bertz CT molecular complexity index is 341. The molecule has 0 saturated carbocycles. The average molecular weight is 257 g/mol. The van der Waals surface area contributed by atoms with Crippen molar-refractivity contribution in [3.63, 3.8) is 0 Å². The summed E-state index contributed by atoms with van der Waals surface area (Å²) < 4.78 is 5.16. The molecule has 18 heavy (non-hydrogen) atoms. The highest BCUT2D eigenvalue weighted by Crippen LogP contribution is 1.91. The second-order valence-electron chi connectivity index (χ2n) is 3.85. The van der Waals surface area contributed by atoms with Crippen molar-refractivity contribution >= 4 is 11.6 Å². The highest BCUT2D eigenvalue weighted by atomic mass is 16.7. The van der Waals surface area contributed by atoms with Gasteiger partial charge in [0.05, 0.1) is 26.5 Å². The zero-order chi connectivity index (χ0) is 13.4. The van der Waals surface area contributed by atoms with E-state index in [2.05, 4.69) is 10.3 Å². The van der Waals surface area contributed by atoms with Crippen molar-refractivity contribution in [3.8, 4) is 0 Å². The van der Waals surface area contributed by atoms with Gasteiger partial charge in [0.25, 0.3) is 5.91 Å².